The van der Waals surface area contributed by atoms with Gasteiger partial charge in [-0.05, 0) is 154 Å². The molecule has 4 nitrogen and oxygen atoms in total. The van der Waals surface area contributed by atoms with Crippen LogP contribution in [0.15, 0.2) is 228 Å². The van der Waals surface area contributed by atoms with E-state index in [0.717, 1.165) is 45.6 Å². The highest BCUT2D eigenvalue weighted by Crippen LogP contribution is 2.51. The highest BCUT2D eigenvalue weighted by atomic mass is 32.2. The fourth-order valence-electron chi connectivity index (χ4n) is 8.96. The largest absolute Gasteiger partial charge is 0.497 e. The monoisotopic (exact) mass is 848 g/mol. The van der Waals surface area contributed by atoms with Crippen LogP contribution in [0.2, 0.25) is 0 Å². The van der Waals surface area contributed by atoms with Crippen LogP contribution in [0, 0.1) is 0 Å². The van der Waals surface area contributed by atoms with Gasteiger partial charge < -0.3 is 19.3 Å². The van der Waals surface area contributed by atoms with E-state index in [4.69, 9.17) is 9.47 Å². The number of nitrogens with zero attached hydrogens (tertiary/aromatic N) is 2. The molecule has 312 valence electrons. The lowest BCUT2D eigenvalue weighted by molar-refractivity contribution is 0.415. The Kier molecular flexibility index (Phi) is 11.0. The number of para-hydroxylation sites is 2. The van der Waals surface area contributed by atoms with E-state index in [1.807, 2.05) is 30.3 Å². The Bertz CT molecular complexity index is 3060. The van der Waals surface area contributed by atoms with Gasteiger partial charge in [0.25, 0.3) is 0 Å². The summed E-state index contributed by atoms with van der Waals surface area (Å²) < 4.78 is 11.1. The zero-order chi connectivity index (χ0) is 43.6. The second-order valence-electron chi connectivity index (χ2n) is 16.6. The average Bonchev–Trinajstić information content (AvgIpc) is 3.58. The molecule has 0 N–H and O–H groups in total. The molecule has 9 aromatic carbocycles. The Morgan fingerprint density at radius 2 is 0.703 bits per heavy atom. The smallest absolute Gasteiger partial charge is 0.120 e. The van der Waals surface area contributed by atoms with Gasteiger partial charge in [-0.15, -0.1) is 0 Å². The van der Waals surface area contributed by atoms with Crippen molar-refractivity contribution >= 4 is 45.9 Å². The lowest BCUT2D eigenvalue weighted by atomic mass is 9.81. The number of hydrogen-bond acceptors (Lipinski definition) is 5. The molecule has 0 spiro atoms. The molecule has 0 fully saturated rings. The molecule has 0 bridgehead atoms. The first-order valence-corrected chi connectivity index (χ1v) is 22.4. The summed E-state index contributed by atoms with van der Waals surface area (Å²) in [6, 6.07) is 78.0. The highest BCUT2D eigenvalue weighted by molar-refractivity contribution is 7.99. The molecule has 0 aliphatic heterocycles. The van der Waals surface area contributed by atoms with Gasteiger partial charge in [0.05, 0.1) is 14.2 Å². The van der Waals surface area contributed by atoms with Crippen LogP contribution in [0.25, 0.3) is 33.4 Å². The number of ether oxygens (including phenoxy) is 2. The maximum atomic E-state index is 5.58. The predicted octanol–water partition coefficient (Wildman–Crippen LogP) is 16.4. The topological polar surface area (TPSA) is 24.9 Å². The number of rotatable bonds is 12. The average molecular weight is 849 g/mol. The second kappa shape index (κ2) is 17.4. The minimum Gasteiger partial charge on any atom is -0.497 e. The van der Waals surface area contributed by atoms with Crippen molar-refractivity contribution in [3.8, 4) is 44.9 Å². The van der Waals surface area contributed by atoms with E-state index < -0.39 is 0 Å². The standard InChI is InChI=1S/C59H48N2O2S/c1-59(2)57-37-43(41-21-27-47(28-22-41)60(45-13-7-5-8-14-45)49-17-11-19-51(39-49)62-3)25-35-55(57)56-36-26-44(38-58(56)59)42-23-31-53(32-24-42)64-54-33-29-48(30-34-54)61(46-15-9-6-10-16-46)50-18-12-20-52(40-50)63-4/h5-40H,1-4H3. The number of anilines is 6. The van der Waals surface area contributed by atoms with Crippen molar-refractivity contribution in [1.29, 1.82) is 0 Å². The maximum absolute atomic E-state index is 5.58. The fraction of sp³-hybridized carbons (Fsp3) is 0.0847. The minimum absolute atomic E-state index is 0.155. The summed E-state index contributed by atoms with van der Waals surface area (Å²) in [5.41, 5.74) is 16.5. The molecule has 0 saturated heterocycles. The van der Waals surface area contributed by atoms with E-state index in [1.54, 1.807) is 26.0 Å². The Labute approximate surface area is 381 Å². The molecule has 10 rings (SSSR count). The molecule has 0 unspecified atom stereocenters. The summed E-state index contributed by atoms with van der Waals surface area (Å²) in [5, 5.41) is 0. The van der Waals surface area contributed by atoms with Gasteiger partial charge in [0.15, 0.2) is 0 Å². The first-order chi connectivity index (χ1) is 31.4. The van der Waals surface area contributed by atoms with Crippen molar-refractivity contribution in [2.45, 2.75) is 29.1 Å². The summed E-state index contributed by atoms with van der Waals surface area (Å²) in [5.74, 6) is 1.65. The zero-order valence-corrected chi connectivity index (χ0v) is 37.2. The molecular formula is C59H48N2O2S. The van der Waals surface area contributed by atoms with E-state index >= 15 is 0 Å². The van der Waals surface area contributed by atoms with Gasteiger partial charge in [0.2, 0.25) is 0 Å². The Hall–Kier alpha value is -7.47. The van der Waals surface area contributed by atoms with E-state index in [9.17, 15) is 0 Å². The van der Waals surface area contributed by atoms with Gasteiger partial charge in [-0.2, -0.15) is 0 Å². The van der Waals surface area contributed by atoms with Gasteiger partial charge in [0.1, 0.15) is 11.5 Å². The van der Waals surface area contributed by atoms with Gasteiger partial charge in [-0.25, -0.2) is 0 Å². The third kappa shape index (κ3) is 7.91. The molecule has 9 aromatic rings. The first-order valence-electron chi connectivity index (χ1n) is 21.6. The number of fused-ring (bicyclic) bond motifs is 3. The molecule has 0 aromatic heterocycles. The molecule has 5 heteroatoms. The van der Waals surface area contributed by atoms with Crippen molar-refractivity contribution in [3.05, 3.63) is 230 Å². The molecule has 1 aliphatic rings. The summed E-state index contributed by atoms with van der Waals surface area (Å²) in [6.45, 7) is 4.72. The quantitative estimate of drug-likeness (QED) is 0.122. The van der Waals surface area contributed by atoms with E-state index in [1.165, 1.54) is 54.3 Å². The third-order valence-corrected chi connectivity index (χ3v) is 13.3. The number of methoxy groups -OCH3 is 2. The number of benzene rings is 9. The molecular weight excluding hydrogens is 801 g/mol. The van der Waals surface area contributed by atoms with Crippen molar-refractivity contribution in [2.24, 2.45) is 0 Å². The molecule has 0 amide bonds. The summed E-state index contributed by atoms with van der Waals surface area (Å²) >= 11 is 1.78. The Balaban J connectivity index is 0.861. The van der Waals surface area contributed by atoms with Crippen LogP contribution >= 0.6 is 11.8 Å². The Morgan fingerprint density at radius 3 is 1.14 bits per heavy atom. The van der Waals surface area contributed by atoms with Gasteiger partial charge in [-0.1, -0.05) is 123 Å². The molecule has 64 heavy (non-hydrogen) atoms. The highest BCUT2D eigenvalue weighted by Gasteiger charge is 2.36. The van der Waals surface area contributed by atoms with E-state index in [2.05, 4.69) is 212 Å². The third-order valence-electron chi connectivity index (χ3n) is 12.3. The van der Waals surface area contributed by atoms with Crippen LogP contribution in [0.1, 0.15) is 25.0 Å². The summed E-state index contributed by atoms with van der Waals surface area (Å²) in [6.07, 6.45) is 0. The van der Waals surface area contributed by atoms with E-state index in [0.29, 0.717) is 0 Å². The molecule has 1 aliphatic carbocycles. The molecule has 0 saturated carbocycles. The molecule has 0 atom stereocenters. The molecule has 0 heterocycles. The Morgan fingerprint density at radius 1 is 0.344 bits per heavy atom. The van der Waals surface area contributed by atoms with Crippen molar-refractivity contribution in [1.82, 2.24) is 0 Å². The fourth-order valence-corrected chi connectivity index (χ4v) is 9.78. The lowest BCUT2D eigenvalue weighted by Crippen LogP contribution is -2.15. The van der Waals surface area contributed by atoms with Crippen LogP contribution < -0.4 is 19.3 Å². The summed E-state index contributed by atoms with van der Waals surface area (Å²) in [7, 11) is 3.42. The second-order valence-corrected chi connectivity index (χ2v) is 17.7. The lowest BCUT2D eigenvalue weighted by Gasteiger charge is -2.26. The SMILES string of the molecule is COc1cccc(N(c2ccccc2)c2ccc(Sc3ccc(-c4ccc5c(c4)C(C)(C)c4cc(-c6ccc(N(c7ccccc7)c7cccc(OC)c7)cc6)ccc4-5)cc3)cc2)c1. The van der Waals surface area contributed by atoms with Crippen molar-refractivity contribution < 1.29 is 9.47 Å². The first kappa shape index (κ1) is 40.6. The number of hydrogen-bond donors (Lipinski definition) is 0. The van der Waals surface area contributed by atoms with Crippen LogP contribution in [-0.4, -0.2) is 14.2 Å². The van der Waals surface area contributed by atoms with E-state index in [-0.39, 0.29) is 5.41 Å². The minimum atomic E-state index is -0.155. The predicted molar refractivity (Wildman–Crippen MR) is 268 cm³/mol. The van der Waals surface area contributed by atoms with Crippen LogP contribution in [0.4, 0.5) is 34.1 Å². The zero-order valence-electron chi connectivity index (χ0n) is 36.4. The van der Waals surface area contributed by atoms with Crippen molar-refractivity contribution in [2.75, 3.05) is 24.0 Å². The normalized spacial score (nSPS) is 12.2. The van der Waals surface area contributed by atoms with Crippen LogP contribution in [-0.2, 0) is 5.41 Å². The van der Waals surface area contributed by atoms with Crippen LogP contribution in [0.5, 0.6) is 11.5 Å². The summed E-state index contributed by atoms with van der Waals surface area (Å²) in [4.78, 5) is 6.91. The van der Waals surface area contributed by atoms with Gasteiger partial charge >= 0.3 is 0 Å². The maximum Gasteiger partial charge on any atom is 0.120 e. The van der Waals surface area contributed by atoms with Gasteiger partial charge in [0, 0.05) is 61.5 Å². The van der Waals surface area contributed by atoms with Crippen LogP contribution in [0.3, 0.4) is 0 Å². The molecule has 0 radical (unpaired) electrons. The van der Waals surface area contributed by atoms with Crippen molar-refractivity contribution in [3.63, 3.8) is 0 Å². The van der Waals surface area contributed by atoms with Gasteiger partial charge in [-0.3, -0.25) is 0 Å².